The number of thioether (sulfide) groups is 1. The van der Waals surface area contributed by atoms with E-state index in [2.05, 4.69) is 50.4 Å². The summed E-state index contributed by atoms with van der Waals surface area (Å²) < 4.78 is 0. The van der Waals surface area contributed by atoms with Crippen molar-refractivity contribution in [3.8, 4) is 6.07 Å². The quantitative estimate of drug-likeness (QED) is 0.763. The van der Waals surface area contributed by atoms with Gasteiger partial charge in [-0.15, -0.1) is 11.8 Å². The maximum Gasteiger partial charge on any atom is 0.104 e. The Morgan fingerprint density at radius 2 is 2.11 bits per heavy atom. The molecule has 0 radical (unpaired) electrons. The topological polar surface area (TPSA) is 35.8 Å². The Balaban J connectivity index is 2.50. The van der Waals surface area contributed by atoms with Crippen molar-refractivity contribution in [3.05, 3.63) is 29.3 Å². The third-order valence-electron chi connectivity index (χ3n) is 3.20. The molecule has 0 spiro atoms. The van der Waals surface area contributed by atoms with Gasteiger partial charge in [0.15, 0.2) is 0 Å². The second kappa shape index (κ2) is 7.57. The molecule has 1 rings (SSSR count). The molecule has 0 aliphatic rings. The zero-order valence-electron chi connectivity index (χ0n) is 12.4. The summed E-state index contributed by atoms with van der Waals surface area (Å²) in [5.41, 5.74) is 2.22. The summed E-state index contributed by atoms with van der Waals surface area (Å²) in [7, 11) is 0. The van der Waals surface area contributed by atoms with Gasteiger partial charge in [0.2, 0.25) is 0 Å². The molecular weight excluding hydrogens is 252 g/mol. The molecule has 0 aromatic heterocycles. The number of nitrogens with one attached hydrogen (secondary N) is 1. The third-order valence-corrected chi connectivity index (χ3v) is 4.38. The average molecular weight is 276 g/mol. The Labute approximate surface area is 121 Å². The molecule has 2 nitrogen and oxygen atoms in total. The van der Waals surface area contributed by atoms with E-state index in [1.807, 2.05) is 18.7 Å². The van der Waals surface area contributed by atoms with Crippen LogP contribution in [0.15, 0.2) is 23.1 Å². The molecule has 0 heterocycles. The van der Waals surface area contributed by atoms with Crippen LogP contribution in [0, 0.1) is 25.2 Å². The van der Waals surface area contributed by atoms with Gasteiger partial charge in [-0.1, -0.05) is 24.6 Å². The first-order valence-electron chi connectivity index (χ1n) is 6.87. The molecule has 1 aromatic carbocycles. The van der Waals surface area contributed by atoms with Crippen molar-refractivity contribution in [1.82, 2.24) is 5.32 Å². The maximum atomic E-state index is 9.28. The van der Waals surface area contributed by atoms with Crippen molar-refractivity contribution in [3.63, 3.8) is 0 Å². The lowest BCUT2D eigenvalue weighted by Gasteiger charge is -2.23. The Morgan fingerprint density at radius 3 is 2.68 bits per heavy atom. The monoisotopic (exact) mass is 276 g/mol. The van der Waals surface area contributed by atoms with Crippen LogP contribution in [0.25, 0.3) is 0 Å². The summed E-state index contributed by atoms with van der Waals surface area (Å²) in [5, 5.41) is 12.6. The van der Waals surface area contributed by atoms with Crippen molar-refractivity contribution in [2.24, 2.45) is 0 Å². The lowest BCUT2D eigenvalue weighted by molar-refractivity contribution is 0.437. The molecule has 0 aliphatic carbocycles. The van der Waals surface area contributed by atoms with Crippen LogP contribution >= 0.6 is 11.8 Å². The Morgan fingerprint density at radius 1 is 1.37 bits per heavy atom. The average Bonchev–Trinajstić information content (AvgIpc) is 2.39. The number of nitriles is 1. The van der Waals surface area contributed by atoms with E-state index in [0.29, 0.717) is 0 Å². The number of benzene rings is 1. The highest BCUT2D eigenvalue weighted by atomic mass is 32.2. The third kappa shape index (κ3) is 5.26. The zero-order chi connectivity index (χ0) is 14.3. The lowest BCUT2D eigenvalue weighted by atomic mass is 10.0. The van der Waals surface area contributed by atoms with Crippen molar-refractivity contribution in [1.29, 1.82) is 5.26 Å². The van der Waals surface area contributed by atoms with Crippen molar-refractivity contribution >= 4 is 11.8 Å². The fourth-order valence-corrected chi connectivity index (χ4v) is 3.09. The summed E-state index contributed by atoms with van der Waals surface area (Å²) in [5.74, 6) is 0.963. The molecule has 104 valence electrons. The van der Waals surface area contributed by atoms with Gasteiger partial charge in [0, 0.05) is 10.6 Å². The second-order valence-electron chi connectivity index (χ2n) is 5.24. The molecule has 19 heavy (non-hydrogen) atoms. The van der Waals surface area contributed by atoms with E-state index in [-0.39, 0.29) is 0 Å². The number of hydrogen-bond acceptors (Lipinski definition) is 3. The van der Waals surface area contributed by atoms with Crippen LogP contribution in [0.3, 0.4) is 0 Å². The van der Waals surface area contributed by atoms with E-state index in [1.165, 1.54) is 16.0 Å². The van der Waals surface area contributed by atoms with Gasteiger partial charge in [0.1, 0.15) is 5.54 Å². The predicted octanol–water partition coefficient (Wildman–Crippen LogP) is 4.07. The normalized spacial score (nSPS) is 13.8. The van der Waals surface area contributed by atoms with Gasteiger partial charge in [-0.05, 0) is 51.8 Å². The first kappa shape index (κ1) is 16.1. The van der Waals surface area contributed by atoms with Gasteiger partial charge in [-0.2, -0.15) is 5.26 Å². The molecule has 3 heteroatoms. The highest BCUT2D eigenvalue weighted by molar-refractivity contribution is 7.99. The SMILES string of the molecule is CCCNC(C)(C#N)CCSc1ccc(C)cc1C. The zero-order valence-corrected chi connectivity index (χ0v) is 13.2. The molecule has 1 aromatic rings. The second-order valence-corrected chi connectivity index (χ2v) is 6.37. The van der Waals surface area contributed by atoms with E-state index >= 15 is 0 Å². The van der Waals surface area contributed by atoms with Gasteiger partial charge < -0.3 is 0 Å². The van der Waals surface area contributed by atoms with Crippen molar-refractivity contribution < 1.29 is 0 Å². The van der Waals surface area contributed by atoms with Crippen LogP contribution in [0.5, 0.6) is 0 Å². The number of rotatable bonds is 7. The van der Waals surface area contributed by atoms with Crippen LogP contribution in [-0.2, 0) is 0 Å². The fraction of sp³-hybridized carbons (Fsp3) is 0.562. The van der Waals surface area contributed by atoms with Crippen molar-refractivity contribution in [2.75, 3.05) is 12.3 Å². The van der Waals surface area contributed by atoms with Crippen LogP contribution in [0.4, 0.5) is 0 Å². The number of hydrogen-bond donors (Lipinski definition) is 1. The molecule has 0 fully saturated rings. The summed E-state index contributed by atoms with van der Waals surface area (Å²) in [6.45, 7) is 9.27. The van der Waals surface area contributed by atoms with Gasteiger partial charge in [0.05, 0.1) is 6.07 Å². The summed E-state index contributed by atoms with van der Waals surface area (Å²) in [6.07, 6.45) is 1.92. The predicted molar refractivity (Wildman–Crippen MR) is 83.6 cm³/mol. The van der Waals surface area contributed by atoms with Gasteiger partial charge >= 0.3 is 0 Å². The summed E-state index contributed by atoms with van der Waals surface area (Å²) in [4.78, 5) is 1.32. The van der Waals surface area contributed by atoms with E-state index < -0.39 is 5.54 Å². The Bertz CT molecular complexity index is 451. The first-order chi connectivity index (χ1) is 9.00. The molecule has 0 amide bonds. The molecular formula is C16H24N2S. The molecule has 0 saturated heterocycles. The molecule has 0 bridgehead atoms. The van der Waals surface area contributed by atoms with Gasteiger partial charge in [-0.25, -0.2) is 0 Å². The summed E-state index contributed by atoms with van der Waals surface area (Å²) >= 11 is 1.84. The van der Waals surface area contributed by atoms with Crippen LogP contribution in [0.1, 0.15) is 37.8 Å². The van der Waals surface area contributed by atoms with E-state index in [1.54, 1.807) is 0 Å². The Kier molecular flexibility index (Phi) is 6.41. The molecule has 1 atom stereocenters. The van der Waals surface area contributed by atoms with Crippen molar-refractivity contribution in [2.45, 2.75) is 51.0 Å². The van der Waals surface area contributed by atoms with Crippen LogP contribution in [-0.4, -0.2) is 17.8 Å². The minimum absolute atomic E-state index is 0.401. The minimum atomic E-state index is -0.401. The molecule has 0 aliphatic heterocycles. The lowest BCUT2D eigenvalue weighted by Crippen LogP contribution is -2.41. The first-order valence-corrected chi connectivity index (χ1v) is 7.85. The molecule has 1 N–H and O–H groups in total. The van der Waals surface area contributed by atoms with E-state index in [4.69, 9.17) is 0 Å². The smallest absolute Gasteiger partial charge is 0.104 e. The largest absolute Gasteiger partial charge is 0.300 e. The standard InChI is InChI=1S/C16H24N2S/c1-5-9-18-16(4,12-17)8-10-19-15-7-6-13(2)11-14(15)3/h6-7,11,18H,5,8-10H2,1-4H3. The van der Waals surface area contributed by atoms with Crippen LogP contribution in [0.2, 0.25) is 0 Å². The van der Waals surface area contributed by atoms with Gasteiger partial charge in [0.25, 0.3) is 0 Å². The highest BCUT2D eigenvalue weighted by Gasteiger charge is 2.22. The van der Waals surface area contributed by atoms with Gasteiger partial charge in [-0.3, -0.25) is 5.32 Å². The fourth-order valence-electron chi connectivity index (χ4n) is 1.91. The van der Waals surface area contributed by atoms with E-state index in [0.717, 1.165) is 25.1 Å². The molecule has 1 unspecified atom stereocenters. The Hall–Kier alpha value is -0.980. The number of aryl methyl sites for hydroxylation is 2. The summed E-state index contributed by atoms with van der Waals surface area (Å²) in [6, 6.07) is 8.93. The number of nitrogens with zero attached hydrogens (tertiary/aromatic N) is 1. The molecule has 0 saturated carbocycles. The minimum Gasteiger partial charge on any atom is -0.300 e. The highest BCUT2D eigenvalue weighted by Crippen LogP contribution is 2.25. The van der Waals surface area contributed by atoms with E-state index in [9.17, 15) is 5.26 Å². The van der Waals surface area contributed by atoms with Crippen LogP contribution < -0.4 is 5.32 Å². The maximum absolute atomic E-state index is 9.28.